The maximum Gasteiger partial charge on any atom is 0.231 e. The maximum absolute atomic E-state index is 12.8. The number of rotatable bonds is 5. The third-order valence-corrected chi connectivity index (χ3v) is 3.11. The lowest BCUT2D eigenvalue weighted by molar-refractivity contribution is 0.357. The van der Waals surface area contributed by atoms with E-state index in [1.54, 1.807) is 12.1 Å². The average molecular weight is 276 g/mol. The normalized spacial score (nSPS) is 11.8. The molecule has 0 aliphatic rings. The molecule has 20 heavy (non-hydrogen) atoms. The molecule has 0 unspecified atom stereocenters. The number of halogens is 1. The van der Waals surface area contributed by atoms with Crippen LogP contribution in [0.1, 0.15) is 50.9 Å². The quantitative estimate of drug-likeness (QED) is 0.822. The second kappa shape index (κ2) is 6.16. The van der Waals surface area contributed by atoms with Crippen LogP contribution in [-0.4, -0.2) is 10.1 Å². The molecule has 0 atom stereocenters. The molecule has 0 radical (unpaired) electrons. The van der Waals surface area contributed by atoms with Gasteiger partial charge in [0.05, 0.1) is 6.42 Å². The van der Waals surface area contributed by atoms with Crippen LogP contribution < -0.4 is 0 Å². The minimum absolute atomic E-state index is 0.234. The van der Waals surface area contributed by atoms with Crippen molar-refractivity contribution in [3.63, 3.8) is 0 Å². The van der Waals surface area contributed by atoms with Crippen molar-refractivity contribution in [3.8, 4) is 0 Å². The van der Waals surface area contributed by atoms with Crippen molar-refractivity contribution >= 4 is 0 Å². The molecule has 4 heteroatoms. The molecule has 3 nitrogen and oxygen atoms in total. The van der Waals surface area contributed by atoms with Crippen LogP contribution >= 0.6 is 0 Å². The number of hydrogen-bond donors (Lipinski definition) is 0. The molecule has 0 saturated carbocycles. The number of hydrogen-bond acceptors (Lipinski definition) is 3. The van der Waals surface area contributed by atoms with Crippen LogP contribution in [0, 0.1) is 11.2 Å². The van der Waals surface area contributed by atoms with Gasteiger partial charge in [0.25, 0.3) is 0 Å². The van der Waals surface area contributed by atoms with Crippen molar-refractivity contribution < 1.29 is 8.91 Å². The van der Waals surface area contributed by atoms with Crippen molar-refractivity contribution in [3.05, 3.63) is 47.4 Å². The summed E-state index contributed by atoms with van der Waals surface area (Å²) in [5.74, 6) is 1.11. The summed E-state index contributed by atoms with van der Waals surface area (Å²) < 4.78 is 18.0. The molecule has 0 fully saturated rings. The Morgan fingerprint density at radius 1 is 1.15 bits per heavy atom. The molecule has 2 rings (SSSR count). The Morgan fingerprint density at radius 2 is 1.85 bits per heavy atom. The topological polar surface area (TPSA) is 38.9 Å². The zero-order chi connectivity index (χ0) is 14.6. The number of aromatic nitrogens is 2. The highest BCUT2D eigenvalue weighted by molar-refractivity contribution is 5.19. The van der Waals surface area contributed by atoms with Crippen LogP contribution in [0.15, 0.2) is 28.8 Å². The Bertz CT molecular complexity index is 540. The Balaban J connectivity index is 1.87. The van der Waals surface area contributed by atoms with Crippen LogP contribution in [0.4, 0.5) is 4.39 Å². The van der Waals surface area contributed by atoms with E-state index in [0.29, 0.717) is 17.7 Å². The van der Waals surface area contributed by atoms with E-state index >= 15 is 0 Å². The molecule has 0 aliphatic heterocycles. The fraction of sp³-hybridized carbons (Fsp3) is 0.500. The average Bonchev–Trinajstić information content (AvgIpc) is 2.78. The molecule has 0 amide bonds. The predicted octanol–water partition coefficient (Wildman–Crippen LogP) is 4.17. The van der Waals surface area contributed by atoms with Crippen molar-refractivity contribution in [2.75, 3.05) is 0 Å². The second-order valence-corrected chi connectivity index (χ2v) is 6.32. The molecule has 108 valence electrons. The van der Waals surface area contributed by atoms with Crippen LogP contribution in [0.2, 0.25) is 0 Å². The van der Waals surface area contributed by atoms with E-state index in [2.05, 4.69) is 30.9 Å². The van der Waals surface area contributed by atoms with Crippen molar-refractivity contribution in [1.29, 1.82) is 0 Å². The van der Waals surface area contributed by atoms with Gasteiger partial charge in [0.15, 0.2) is 5.82 Å². The summed E-state index contributed by atoms with van der Waals surface area (Å²) in [7, 11) is 0. The highest BCUT2D eigenvalue weighted by atomic mass is 19.1. The molecule has 0 saturated heterocycles. The molecule has 0 aliphatic carbocycles. The summed E-state index contributed by atoms with van der Waals surface area (Å²) in [6.07, 6.45) is 3.57. The zero-order valence-corrected chi connectivity index (χ0v) is 12.3. The van der Waals surface area contributed by atoms with Crippen molar-refractivity contribution in [1.82, 2.24) is 10.1 Å². The van der Waals surface area contributed by atoms with E-state index in [4.69, 9.17) is 4.52 Å². The molecule has 0 spiro atoms. The fourth-order valence-corrected chi connectivity index (χ4v) is 2.02. The first kappa shape index (κ1) is 14.7. The Hall–Kier alpha value is -1.71. The third-order valence-electron chi connectivity index (χ3n) is 3.11. The van der Waals surface area contributed by atoms with Gasteiger partial charge in [-0.2, -0.15) is 4.98 Å². The van der Waals surface area contributed by atoms with Gasteiger partial charge in [0.2, 0.25) is 5.89 Å². The smallest absolute Gasteiger partial charge is 0.231 e. The van der Waals surface area contributed by atoms with Gasteiger partial charge in [0.1, 0.15) is 5.82 Å². The van der Waals surface area contributed by atoms with Gasteiger partial charge in [-0.15, -0.1) is 0 Å². The number of aryl methyl sites for hydroxylation is 1. The van der Waals surface area contributed by atoms with Gasteiger partial charge < -0.3 is 4.52 Å². The number of benzene rings is 1. The third kappa shape index (κ3) is 4.76. The summed E-state index contributed by atoms with van der Waals surface area (Å²) in [4.78, 5) is 4.38. The zero-order valence-electron chi connectivity index (χ0n) is 12.3. The van der Waals surface area contributed by atoms with E-state index < -0.39 is 0 Å². The summed E-state index contributed by atoms with van der Waals surface area (Å²) in [6, 6.07) is 6.35. The summed E-state index contributed by atoms with van der Waals surface area (Å²) in [5, 5.41) is 3.99. The van der Waals surface area contributed by atoms with E-state index in [9.17, 15) is 4.39 Å². The SMILES string of the molecule is CC(C)(C)CCCc1noc(Cc2ccc(F)cc2)n1. The van der Waals surface area contributed by atoms with Gasteiger partial charge in [-0.3, -0.25) is 0 Å². The minimum Gasteiger partial charge on any atom is -0.339 e. The second-order valence-electron chi connectivity index (χ2n) is 6.32. The Kier molecular flexibility index (Phi) is 4.53. The summed E-state index contributed by atoms with van der Waals surface area (Å²) >= 11 is 0. The largest absolute Gasteiger partial charge is 0.339 e. The Morgan fingerprint density at radius 3 is 2.50 bits per heavy atom. The van der Waals surface area contributed by atoms with Crippen molar-refractivity contribution in [2.24, 2.45) is 5.41 Å². The fourth-order valence-electron chi connectivity index (χ4n) is 2.02. The van der Waals surface area contributed by atoms with Crippen LogP contribution in [0.5, 0.6) is 0 Å². The highest BCUT2D eigenvalue weighted by Crippen LogP contribution is 2.21. The van der Waals surface area contributed by atoms with Gasteiger partial charge in [-0.25, -0.2) is 4.39 Å². The van der Waals surface area contributed by atoms with Crippen molar-refractivity contribution in [2.45, 2.75) is 46.5 Å². The lowest BCUT2D eigenvalue weighted by atomic mass is 9.90. The monoisotopic (exact) mass is 276 g/mol. The number of nitrogens with zero attached hydrogens (tertiary/aromatic N) is 2. The highest BCUT2D eigenvalue weighted by Gasteiger charge is 2.12. The van der Waals surface area contributed by atoms with Gasteiger partial charge in [-0.05, 0) is 36.0 Å². The predicted molar refractivity (Wildman–Crippen MR) is 75.9 cm³/mol. The van der Waals surface area contributed by atoms with E-state index in [1.807, 2.05) is 0 Å². The molecule has 1 heterocycles. The maximum atomic E-state index is 12.8. The van der Waals surface area contributed by atoms with Gasteiger partial charge >= 0.3 is 0 Å². The van der Waals surface area contributed by atoms with Crippen LogP contribution in [-0.2, 0) is 12.8 Å². The van der Waals surface area contributed by atoms with E-state index in [0.717, 1.165) is 30.7 Å². The molecule has 0 N–H and O–H groups in total. The molecule has 1 aromatic carbocycles. The Labute approximate surface area is 119 Å². The lowest BCUT2D eigenvalue weighted by Gasteiger charge is -2.16. The first-order chi connectivity index (χ1) is 9.42. The first-order valence-electron chi connectivity index (χ1n) is 6.98. The summed E-state index contributed by atoms with van der Waals surface area (Å²) in [5.41, 5.74) is 1.30. The molecule has 0 bridgehead atoms. The lowest BCUT2D eigenvalue weighted by Crippen LogP contribution is -2.05. The first-order valence-corrected chi connectivity index (χ1v) is 6.98. The van der Waals surface area contributed by atoms with E-state index in [1.165, 1.54) is 12.1 Å². The molecular weight excluding hydrogens is 255 g/mol. The molecular formula is C16H21FN2O. The molecule has 1 aromatic heterocycles. The van der Waals surface area contributed by atoms with E-state index in [-0.39, 0.29) is 5.82 Å². The van der Waals surface area contributed by atoms with Gasteiger partial charge in [0, 0.05) is 6.42 Å². The van der Waals surface area contributed by atoms with Crippen LogP contribution in [0.3, 0.4) is 0 Å². The molecule has 2 aromatic rings. The van der Waals surface area contributed by atoms with Crippen LogP contribution in [0.25, 0.3) is 0 Å². The minimum atomic E-state index is -0.234. The summed E-state index contributed by atoms with van der Waals surface area (Å²) in [6.45, 7) is 6.68. The van der Waals surface area contributed by atoms with Gasteiger partial charge in [-0.1, -0.05) is 38.1 Å². The standard InChI is InChI=1S/C16H21FN2O/c1-16(2,3)10-4-5-14-18-15(20-19-14)11-12-6-8-13(17)9-7-12/h6-9H,4-5,10-11H2,1-3H3.